The lowest BCUT2D eigenvalue weighted by atomic mass is 10.1. The van der Waals surface area contributed by atoms with E-state index in [2.05, 4.69) is 15.4 Å². The summed E-state index contributed by atoms with van der Waals surface area (Å²) in [5.41, 5.74) is 3.42. The van der Waals surface area contributed by atoms with Crippen molar-refractivity contribution in [2.45, 2.75) is 20.4 Å². The molecule has 0 atom stereocenters. The summed E-state index contributed by atoms with van der Waals surface area (Å²) in [7, 11) is 0. The zero-order chi connectivity index (χ0) is 19.1. The highest BCUT2D eigenvalue weighted by Gasteiger charge is 2.14. The van der Waals surface area contributed by atoms with Crippen LogP contribution in [0.25, 0.3) is 16.6 Å². The first kappa shape index (κ1) is 17.2. The molecular weight excluding hydrogens is 366 g/mol. The summed E-state index contributed by atoms with van der Waals surface area (Å²) in [6.07, 6.45) is 1.40. The number of anilines is 1. The van der Waals surface area contributed by atoms with Gasteiger partial charge in [-0.25, -0.2) is 18.9 Å². The van der Waals surface area contributed by atoms with Crippen LogP contribution in [-0.4, -0.2) is 25.1 Å². The largest absolute Gasteiger partial charge is 0.352 e. The molecule has 1 amide bonds. The molecule has 0 spiro atoms. The zero-order valence-corrected chi connectivity index (χ0v) is 15.5. The van der Waals surface area contributed by atoms with E-state index in [4.69, 9.17) is 11.6 Å². The van der Waals surface area contributed by atoms with Crippen LogP contribution >= 0.6 is 11.6 Å². The standard InChI is InChI=1S/C19H16ClN5O2/c1-11-4-3-5-15(12(11)2)22-17(26)9-25-19(27)24-10-21-16-7-6-13(20)8-14(16)18(24)23-25/h3-8,10H,9H2,1-2H3,(H,22,26). The Bertz CT molecular complexity index is 1260. The number of fused-ring (bicyclic) bond motifs is 3. The van der Waals surface area contributed by atoms with E-state index in [1.807, 2.05) is 32.0 Å². The molecule has 136 valence electrons. The van der Waals surface area contributed by atoms with Gasteiger partial charge in [-0.15, -0.1) is 5.10 Å². The smallest absolute Gasteiger partial charge is 0.324 e. The Hall–Kier alpha value is -3.19. The van der Waals surface area contributed by atoms with Crippen LogP contribution in [0.4, 0.5) is 5.69 Å². The number of nitrogens with zero attached hydrogens (tertiary/aromatic N) is 4. The Labute approximate surface area is 159 Å². The van der Waals surface area contributed by atoms with Gasteiger partial charge in [0, 0.05) is 16.1 Å². The van der Waals surface area contributed by atoms with Gasteiger partial charge in [0.05, 0.1) is 5.52 Å². The third kappa shape index (κ3) is 3.06. The predicted molar refractivity (Wildman–Crippen MR) is 104 cm³/mol. The number of carbonyl (C=O) groups is 1. The van der Waals surface area contributed by atoms with Crippen LogP contribution < -0.4 is 11.0 Å². The van der Waals surface area contributed by atoms with E-state index in [0.29, 0.717) is 21.6 Å². The van der Waals surface area contributed by atoms with Gasteiger partial charge in [0.25, 0.3) is 0 Å². The molecule has 0 aliphatic heterocycles. The summed E-state index contributed by atoms with van der Waals surface area (Å²) in [6.45, 7) is 3.71. The molecule has 0 saturated heterocycles. The predicted octanol–water partition coefficient (Wildman–Crippen LogP) is 2.95. The van der Waals surface area contributed by atoms with E-state index in [-0.39, 0.29) is 12.5 Å². The number of halogens is 1. The van der Waals surface area contributed by atoms with Crippen molar-refractivity contribution in [3.63, 3.8) is 0 Å². The van der Waals surface area contributed by atoms with Crippen molar-refractivity contribution < 1.29 is 4.79 Å². The molecule has 1 N–H and O–H groups in total. The Morgan fingerprint density at radius 1 is 1.22 bits per heavy atom. The number of hydrogen-bond donors (Lipinski definition) is 1. The summed E-state index contributed by atoms with van der Waals surface area (Å²) in [5, 5.41) is 8.31. The van der Waals surface area contributed by atoms with Crippen LogP contribution in [0.5, 0.6) is 0 Å². The Morgan fingerprint density at radius 2 is 2.04 bits per heavy atom. The molecule has 2 aromatic carbocycles. The highest BCUT2D eigenvalue weighted by Crippen LogP contribution is 2.20. The highest BCUT2D eigenvalue weighted by molar-refractivity contribution is 6.31. The summed E-state index contributed by atoms with van der Waals surface area (Å²) in [5.74, 6) is -0.329. The van der Waals surface area contributed by atoms with Gasteiger partial charge in [0.2, 0.25) is 5.91 Å². The highest BCUT2D eigenvalue weighted by atomic mass is 35.5. The summed E-state index contributed by atoms with van der Waals surface area (Å²) in [6, 6.07) is 10.9. The van der Waals surface area contributed by atoms with Crippen LogP contribution in [0.1, 0.15) is 11.1 Å². The van der Waals surface area contributed by atoms with Gasteiger partial charge < -0.3 is 5.32 Å². The summed E-state index contributed by atoms with van der Waals surface area (Å²) in [4.78, 5) is 29.3. The van der Waals surface area contributed by atoms with E-state index >= 15 is 0 Å². The molecule has 4 aromatic rings. The number of rotatable bonds is 3. The van der Waals surface area contributed by atoms with Gasteiger partial charge in [-0.2, -0.15) is 0 Å². The molecule has 8 heteroatoms. The molecule has 4 rings (SSSR count). The van der Waals surface area contributed by atoms with Crippen molar-refractivity contribution in [1.82, 2.24) is 19.2 Å². The molecule has 2 aromatic heterocycles. The molecule has 7 nitrogen and oxygen atoms in total. The van der Waals surface area contributed by atoms with E-state index < -0.39 is 5.69 Å². The van der Waals surface area contributed by atoms with Gasteiger partial charge in [0.1, 0.15) is 12.9 Å². The molecule has 0 aliphatic rings. The third-order valence-electron chi connectivity index (χ3n) is 4.55. The fraction of sp³-hybridized carbons (Fsp3) is 0.158. The Balaban J connectivity index is 1.69. The molecule has 0 unspecified atom stereocenters. The Kier molecular flexibility index (Phi) is 4.16. The first-order valence-electron chi connectivity index (χ1n) is 8.33. The lowest BCUT2D eigenvalue weighted by Gasteiger charge is -2.09. The second kappa shape index (κ2) is 6.51. The second-order valence-electron chi connectivity index (χ2n) is 6.34. The van der Waals surface area contributed by atoms with Crippen molar-refractivity contribution in [2.75, 3.05) is 5.32 Å². The quantitative estimate of drug-likeness (QED) is 0.591. The van der Waals surface area contributed by atoms with Crippen molar-refractivity contribution >= 4 is 39.7 Å². The average Bonchev–Trinajstić information content (AvgIpc) is 2.95. The number of nitrogens with one attached hydrogen (secondary N) is 1. The van der Waals surface area contributed by atoms with Crippen molar-refractivity contribution in [3.05, 3.63) is 69.4 Å². The fourth-order valence-electron chi connectivity index (χ4n) is 2.94. The van der Waals surface area contributed by atoms with Crippen molar-refractivity contribution in [2.24, 2.45) is 0 Å². The maximum absolute atomic E-state index is 12.6. The number of hydrogen-bond acceptors (Lipinski definition) is 4. The zero-order valence-electron chi connectivity index (χ0n) is 14.7. The van der Waals surface area contributed by atoms with Crippen molar-refractivity contribution in [1.29, 1.82) is 0 Å². The molecular formula is C19H16ClN5O2. The van der Waals surface area contributed by atoms with Crippen LogP contribution in [0.3, 0.4) is 0 Å². The van der Waals surface area contributed by atoms with Crippen LogP contribution in [0.15, 0.2) is 47.5 Å². The third-order valence-corrected chi connectivity index (χ3v) is 4.79. The monoisotopic (exact) mass is 381 g/mol. The van der Waals surface area contributed by atoms with Gasteiger partial charge >= 0.3 is 5.69 Å². The number of aromatic nitrogens is 4. The minimum atomic E-state index is -0.435. The number of carbonyl (C=O) groups excluding carboxylic acids is 1. The van der Waals surface area contributed by atoms with Crippen LogP contribution in [0.2, 0.25) is 5.02 Å². The average molecular weight is 382 g/mol. The van der Waals surface area contributed by atoms with Crippen LogP contribution in [-0.2, 0) is 11.3 Å². The fourth-order valence-corrected chi connectivity index (χ4v) is 3.12. The maximum Gasteiger partial charge on any atom is 0.352 e. The molecule has 0 saturated carbocycles. The molecule has 0 aliphatic carbocycles. The maximum atomic E-state index is 12.6. The molecule has 0 bridgehead atoms. The van der Waals surface area contributed by atoms with E-state index in [1.165, 1.54) is 10.7 Å². The summed E-state index contributed by atoms with van der Waals surface area (Å²) < 4.78 is 2.43. The molecule has 2 heterocycles. The van der Waals surface area contributed by atoms with Gasteiger partial charge in [0.15, 0.2) is 5.65 Å². The summed E-state index contributed by atoms with van der Waals surface area (Å²) >= 11 is 6.05. The first-order valence-corrected chi connectivity index (χ1v) is 8.71. The lowest BCUT2D eigenvalue weighted by molar-refractivity contribution is -0.117. The Morgan fingerprint density at radius 3 is 2.85 bits per heavy atom. The normalized spacial score (nSPS) is 11.2. The van der Waals surface area contributed by atoms with Crippen LogP contribution in [0, 0.1) is 13.8 Å². The topological polar surface area (TPSA) is 81.3 Å². The van der Waals surface area contributed by atoms with E-state index in [9.17, 15) is 9.59 Å². The van der Waals surface area contributed by atoms with Crippen molar-refractivity contribution in [3.8, 4) is 0 Å². The van der Waals surface area contributed by atoms with Gasteiger partial charge in [-0.05, 0) is 49.2 Å². The number of benzene rings is 2. The van der Waals surface area contributed by atoms with Gasteiger partial charge in [-0.3, -0.25) is 4.79 Å². The molecule has 0 fully saturated rings. The lowest BCUT2D eigenvalue weighted by Crippen LogP contribution is -2.28. The minimum absolute atomic E-state index is 0.198. The number of amides is 1. The van der Waals surface area contributed by atoms with E-state index in [0.717, 1.165) is 21.5 Å². The first-order chi connectivity index (χ1) is 12.9. The molecule has 0 radical (unpaired) electrons. The van der Waals surface area contributed by atoms with E-state index in [1.54, 1.807) is 18.2 Å². The minimum Gasteiger partial charge on any atom is -0.324 e. The number of aryl methyl sites for hydroxylation is 1. The molecule has 27 heavy (non-hydrogen) atoms. The SMILES string of the molecule is Cc1cccc(NC(=O)Cn2nc3c4cc(Cl)ccc4ncn3c2=O)c1C. The second-order valence-corrected chi connectivity index (χ2v) is 6.77. The van der Waals surface area contributed by atoms with Gasteiger partial charge in [-0.1, -0.05) is 23.7 Å².